The average molecular weight is 197 g/mol. The normalized spacial score (nSPS) is 10.2. The Balaban J connectivity index is 2.25. The van der Waals surface area contributed by atoms with Crippen molar-refractivity contribution in [2.45, 2.75) is 13.3 Å². The van der Waals surface area contributed by atoms with Crippen LogP contribution in [0, 0.1) is 6.92 Å². The lowest BCUT2D eigenvalue weighted by Crippen LogP contribution is -1.93. The van der Waals surface area contributed by atoms with Crippen LogP contribution in [0.15, 0.2) is 48.5 Å². The van der Waals surface area contributed by atoms with E-state index in [-0.39, 0.29) is 0 Å². The number of rotatable bonds is 2. The molecule has 0 amide bonds. The van der Waals surface area contributed by atoms with E-state index in [2.05, 4.69) is 37.3 Å². The van der Waals surface area contributed by atoms with Crippen LogP contribution in [0.1, 0.15) is 16.7 Å². The maximum atomic E-state index is 5.72. The molecule has 0 aliphatic heterocycles. The highest BCUT2D eigenvalue weighted by atomic mass is 14.5. The van der Waals surface area contributed by atoms with E-state index in [0.717, 1.165) is 12.1 Å². The summed E-state index contributed by atoms with van der Waals surface area (Å²) in [5.41, 5.74) is 10.5. The minimum Gasteiger partial charge on any atom is -0.399 e. The largest absolute Gasteiger partial charge is 0.399 e. The molecule has 0 aromatic heterocycles. The lowest BCUT2D eigenvalue weighted by molar-refractivity contribution is 1.16. The molecule has 1 nitrogen and oxygen atoms in total. The lowest BCUT2D eigenvalue weighted by atomic mass is 10.0. The molecular weight excluding hydrogens is 182 g/mol. The van der Waals surface area contributed by atoms with Crippen LogP contribution in [0.3, 0.4) is 0 Å². The summed E-state index contributed by atoms with van der Waals surface area (Å²) in [5.74, 6) is 0. The van der Waals surface area contributed by atoms with E-state index in [4.69, 9.17) is 5.73 Å². The predicted octanol–water partition coefficient (Wildman–Crippen LogP) is 3.17. The number of hydrogen-bond acceptors (Lipinski definition) is 1. The second kappa shape index (κ2) is 4.18. The van der Waals surface area contributed by atoms with Crippen LogP contribution in [0.25, 0.3) is 0 Å². The van der Waals surface area contributed by atoms with Crippen molar-refractivity contribution in [3.63, 3.8) is 0 Å². The third-order valence-corrected chi connectivity index (χ3v) is 2.60. The summed E-state index contributed by atoms with van der Waals surface area (Å²) in [7, 11) is 0. The van der Waals surface area contributed by atoms with Crippen LogP contribution in [0.4, 0.5) is 5.69 Å². The van der Waals surface area contributed by atoms with Crippen molar-refractivity contribution in [3.8, 4) is 0 Å². The molecule has 0 bridgehead atoms. The zero-order valence-corrected chi connectivity index (χ0v) is 8.90. The fraction of sp³-hybridized carbons (Fsp3) is 0.143. The highest BCUT2D eigenvalue weighted by Gasteiger charge is 1.99. The van der Waals surface area contributed by atoms with Gasteiger partial charge in [-0.15, -0.1) is 0 Å². The third-order valence-electron chi connectivity index (χ3n) is 2.60. The van der Waals surface area contributed by atoms with Gasteiger partial charge in [0.25, 0.3) is 0 Å². The smallest absolute Gasteiger partial charge is 0.0316 e. The second-order valence-electron chi connectivity index (χ2n) is 3.85. The summed E-state index contributed by atoms with van der Waals surface area (Å²) < 4.78 is 0. The summed E-state index contributed by atoms with van der Waals surface area (Å²) in [5, 5.41) is 0. The molecule has 15 heavy (non-hydrogen) atoms. The van der Waals surface area contributed by atoms with E-state index in [1.54, 1.807) is 0 Å². The molecule has 2 N–H and O–H groups in total. The molecule has 1 heteroatoms. The zero-order valence-electron chi connectivity index (χ0n) is 8.90. The van der Waals surface area contributed by atoms with Gasteiger partial charge in [-0.25, -0.2) is 0 Å². The van der Waals surface area contributed by atoms with Gasteiger partial charge in [0.05, 0.1) is 0 Å². The van der Waals surface area contributed by atoms with Gasteiger partial charge in [-0.2, -0.15) is 0 Å². The number of benzene rings is 2. The molecule has 0 unspecified atom stereocenters. The summed E-state index contributed by atoms with van der Waals surface area (Å²) in [4.78, 5) is 0. The van der Waals surface area contributed by atoms with Gasteiger partial charge in [0, 0.05) is 5.69 Å². The fourth-order valence-corrected chi connectivity index (χ4v) is 1.73. The van der Waals surface area contributed by atoms with Gasteiger partial charge in [0.15, 0.2) is 0 Å². The molecule has 0 aliphatic rings. The van der Waals surface area contributed by atoms with Gasteiger partial charge in [0.1, 0.15) is 0 Å². The number of hydrogen-bond donors (Lipinski definition) is 1. The summed E-state index contributed by atoms with van der Waals surface area (Å²) in [6.45, 7) is 2.11. The molecule has 0 saturated carbocycles. The minimum absolute atomic E-state index is 0.837. The van der Waals surface area contributed by atoms with Crippen LogP contribution in [0.2, 0.25) is 0 Å². The van der Waals surface area contributed by atoms with Crippen LogP contribution in [-0.4, -0.2) is 0 Å². The monoisotopic (exact) mass is 197 g/mol. The van der Waals surface area contributed by atoms with Crippen LogP contribution < -0.4 is 5.73 Å². The number of aryl methyl sites for hydroxylation is 1. The van der Waals surface area contributed by atoms with Crippen molar-refractivity contribution < 1.29 is 0 Å². The summed E-state index contributed by atoms with van der Waals surface area (Å²) in [6, 6.07) is 16.6. The van der Waals surface area contributed by atoms with Gasteiger partial charge in [-0.3, -0.25) is 0 Å². The van der Waals surface area contributed by atoms with Gasteiger partial charge in [-0.1, -0.05) is 36.4 Å². The highest BCUT2D eigenvalue weighted by Crippen LogP contribution is 2.16. The predicted molar refractivity (Wildman–Crippen MR) is 64.8 cm³/mol. The van der Waals surface area contributed by atoms with Gasteiger partial charge in [-0.05, 0) is 42.2 Å². The van der Waals surface area contributed by atoms with E-state index < -0.39 is 0 Å². The number of anilines is 1. The molecule has 2 aromatic carbocycles. The first-order valence-electron chi connectivity index (χ1n) is 5.14. The highest BCUT2D eigenvalue weighted by molar-refractivity contribution is 5.45. The van der Waals surface area contributed by atoms with Crippen molar-refractivity contribution in [2.24, 2.45) is 0 Å². The Bertz CT molecular complexity index is 446. The van der Waals surface area contributed by atoms with Crippen molar-refractivity contribution in [1.82, 2.24) is 0 Å². The first-order valence-corrected chi connectivity index (χ1v) is 5.14. The van der Waals surface area contributed by atoms with Crippen molar-refractivity contribution >= 4 is 5.69 Å². The first kappa shape index (κ1) is 9.78. The Morgan fingerprint density at radius 2 is 1.73 bits per heavy atom. The van der Waals surface area contributed by atoms with E-state index in [1.165, 1.54) is 16.7 Å². The summed E-state index contributed by atoms with van der Waals surface area (Å²) >= 11 is 0. The number of nitrogen functional groups attached to an aromatic ring is 1. The molecule has 0 fully saturated rings. The van der Waals surface area contributed by atoms with Gasteiger partial charge < -0.3 is 5.73 Å². The van der Waals surface area contributed by atoms with Crippen LogP contribution in [-0.2, 0) is 6.42 Å². The standard InChI is InChI=1S/C14H15N/c1-11-9-14(15)8-7-13(11)10-12-5-3-2-4-6-12/h2-9H,10,15H2,1H3. The van der Waals surface area contributed by atoms with E-state index in [9.17, 15) is 0 Å². The molecule has 0 saturated heterocycles. The van der Waals surface area contributed by atoms with Gasteiger partial charge >= 0.3 is 0 Å². The SMILES string of the molecule is Cc1cc(N)ccc1Cc1ccccc1. The van der Waals surface area contributed by atoms with Crippen LogP contribution in [0.5, 0.6) is 0 Å². The maximum absolute atomic E-state index is 5.72. The quantitative estimate of drug-likeness (QED) is 0.735. The summed E-state index contributed by atoms with van der Waals surface area (Å²) in [6.07, 6.45) is 0.979. The third kappa shape index (κ3) is 2.38. The first-order chi connectivity index (χ1) is 7.25. The van der Waals surface area contributed by atoms with E-state index >= 15 is 0 Å². The Kier molecular flexibility index (Phi) is 2.72. The molecule has 0 aliphatic carbocycles. The Morgan fingerprint density at radius 3 is 2.40 bits per heavy atom. The second-order valence-corrected chi connectivity index (χ2v) is 3.85. The lowest BCUT2D eigenvalue weighted by Gasteiger charge is -2.06. The Morgan fingerprint density at radius 1 is 1.00 bits per heavy atom. The molecule has 0 heterocycles. The van der Waals surface area contributed by atoms with Crippen molar-refractivity contribution in [2.75, 3.05) is 5.73 Å². The van der Waals surface area contributed by atoms with E-state index in [0.29, 0.717) is 0 Å². The zero-order chi connectivity index (χ0) is 10.7. The molecule has 0 radical (unpaired) electrons. The topological polar surface area (TPSA) is 26.0 Å². The van der Waals surface area contributed by atoms with E-state index in [1.807, 2.05) is 18.2 Å². The molecule has 2 aromatic rings. The maximum Gasteiger partial charge on any atom is 0.0316 e. The number of nitrogens with two attached hydrogens (primary N) is 1. The molecule has 76 valence electrons. The molecule has 2 rings (SSSR count). The van der Waals surface area contributed by atoms with Crippen molar-refractivity contribution in [3.05, 3.63) is 65.2 Å². The molecule has 0 spiro atoms. The van der Waals surface area contributed by atoms with Crippen LogP contribution >= 0.6 is 0 Å². The minimum atomic E-state index is 0.837. The average Bonchev–Trinajstić information content (AvgIpc) is 2.24. The van der Waals surface area contributed by atoms with Gasteiger partial charge in [0.2, 0.25) is 0 Å². The Labute approximate surface area is 90.6 Å². The Hall–Kier alpha value is -1.76. The fourth-order valence-electron chi connectivity index (χ4n) is 1.73. The molecular formula is C14H15N. The molecule has 0 atom stereocenters. The van der Waals surface area contributed by atoms with Crippen molar-refractivity contribution in [1.29, 1.82) is 0 Å².